The van der Waals surface area contributed by atoms with E-state index in [2.05, 4.69) is 35.8 Å². The quantitative estimate of drug-likeness (QED) is 0.842. The number of rotatable bonds is 4. The molecular formula is C11H16BrNS. The molecule has 0 saturated heterocycles. The van der Waals surface area contributed by atoms with Gasteiger partial charge in [-0.25, -0.2) is 0 Å². The van der Waals surface area contributed by atoms with E-state index in [4.69, 9.17) is 5.73 Å². The summed E-state index contributed by atoms with van der Waals surface area (Å²) in [5.41, 5.74) is 8.01. The molecule has 14 heavy (non-hydrogen) atoms. The Kier molecular flexibility index (Phi) is 4.82. The molecule has 0 heterocycles. The third kappa shape index (κ3) is 3.93. The third-order valence-electron chi connectivity index (χ3n) is 1.82. The van der Waals surface area contributed by atoms with Crippen LogP contribution in [-0.2, 0) is 5.75 Å². The number of hydrogen-bond donors (Lipinski definition) is 1. The summed E-state index contributed by atoms with van der Waals surface area (Å²) in [5, 5.41) is 0. The van der Waals surface area contributed by atoms with Gasteiger partial charge in [-0.05, 0) is 29.4 Å². The van der Waals surface area contributed by atoms with Gasteiger partial charge >= 0.3 is 0 Å². The number of halogens is 1. The molecule has 0 spiro atoms. The molecule has 1 rings (SSSR count). The Balaban J connectivity index is 2.51. The molecule has 0 aliphatic carbocycles. The smallest absolute Gasteiger partial charge is 0.0366 e. The summed E-state index contributed by atoms with van der Waals surface area (Å²) in [6, 6.07) is 6.10. The van der Waals surface area contributed by atoms with Crippen LogP contribution in [0.4, 0.5) is 5.69 Å². The molecule has 3 heteroatoms. The van der Waals surface area contributed by atoms with Crippen LogP contribution in [0.5, 0.6) is 0 Å². The zero-order valence-electron chi connectivity index (χ0n) is 8.59. The fraction of sp³-hybridized carbons (Fsp3) is 0.455. The molecule has 2 N–H and O–H groups in total. The lowest BCUT2D eigenvalue weighted by atomic mass is 10.2. The highest BCUT2D eigenvalue weighted by Crippen LogP contribution is 2.23. The molecule has 0 unspecified atom stereocenters. The molecule has 1 nitrogen and oxygen atoms in total. The normalized spacial score (nSPS) is 10.9. The lowest BCUT2D eigenvalue weighted by molar-refractivity contribution is 0.750. The summed E-state index contributed by atoms with van der Waals surface area (Å²) in [4.78, 5) is 0. The van der Waals surface area contributed by atoms with Crippen LogP contribution in [0.3, 0.4) is 0 Å². The minimum absolute atomic E-state index is 0.747. The van der Waals surface area contributed by atoms with Crippen LogP contribution in [0, 0.1) is 5.92 Å². The first-order chi connectivity index (χ1) is 6.59. The first-order valence-corrected chi connectivity index (χ1v) is 6.66. The summed E-state index contributed by atoms with van der Waals surface area (Å²) in [5.74, 6) is 2.95. The van der Waals surface area contributed by atoms with Crippen molar-refractivity contribution in [2.75, 3.05) is 11.5 Å². The monoisotopic (exact) mass is 273 g/mol. The van der Waals surface area contributed by atoms with E-state index in [1.807, 2.05) is 23.9 Å². The van der Waals surface area contributed by atoms with Crippen molar-refractivity contribution in [3.8, 4) is 0 Å². The van der Waals surface area contributed by atoms with Crippen LogP contribution < -0.4 is 5.73 Å². The summed E-state index contributed by atoms with van der Waals surface area (Å²) in [6.45, 7) is 4.47. The van der Waals surface area contributed by atoms with Gasteiger partial charge in [-0.1, -0.05) is 35.8 Å². The van der Waals surface area contributed by atoms with Crippen LogP contribution in [0.2, 0.25) is 0 Å². The topological polar surface area (TPSA) is 26.0 Å². The van der Waals surface area contributed by atoms with Crippen LogP contribution in [-0.4, -0.2) is 5.75 Å². The minimum Gasteiger partial charge on any atom is -0.398 e. The lowest BCUT2D eigenvalue weighted by Crippen LogP contribution is -1.95. The molecule has 1 aromatic carbocycles. The molecule has 0 aliphatic heterocycles. The van der Waals surface area contributed by atoms with Gasteiger partial charge in [0.05, 0.1) is 0 Å². The predicted octanol–water partition coefficient (Wildman–Crippen LogP) is 3.92. The zero-order valence-corrected chi connectivity index (χ0v) is 11.0. The van der Waals surface area contributed by atoms with Gasteiger partial charge in [0.1, 0.15) is 0 Å². The second kappa shape index (κ2) is 5.66. The van der Waals surface area contributed by atoms with Gasteiger partial charge in [0, 0.05) is 15.9 Å². The molecule has 0 fully saturated rings. The maximum Gasteiger partial charge on any atom is 0.0366 e. The van der Waals surface area contributed by atoms with Gasteiger partial charge in [-0.15, -0.1) is 0 Å². The highest BCUT2D eigenvalue weighted by Gasteiger charge is 2.01. The van der Waals surface area contributed by atoms with E-state index in [0.717, 1.165) is 21.8 Å². The Labute approximate surface area is 98.6 Å². The fourth-order valence-corrected chi connectivity index (χ4v) is 2.55. The van der Waals surface area contributed by atoms with Crippen molar-refractivity contribution in [1.82, 2.24) is 0 Å². The second-order valence-corrected chi connectivity index (χ2v) is 5.70. The number of thioether (sulfide) groups is 1. The highest BCUT2D eigenvalue weighted by atomic mass is 79.9. The van der Waals surface area contributed by atoms with Gasteiger partial charge in [0.15, 0.2) is 0 Å². The van der Waals surface area contributed by atoms with Crippen molar-refractivity contribution in [3.05, 3.63) is 28.2 Å². The molecule has 0 saturated carbocycles. The molecule has 0 atom stereocenters. The fourth-order valence-electron chi connectivity index (χ4n) is 1.10. The molecule has 0 bridgehead atoms. The van der Waals surface area contributed by atoms with E-state index in [0.29, 0.717) is 0 Å². The Morgan fingerprint density at radius 1 is 1.43 bits per heavy atom. The van der Waals surface area contributed by atoms with Crippen molar-refractivity contribution in [1.29, 1.82) is 0 Å². The number of anilines is 1. The van der Waals surface area contributed by atoms with Crippen molar-refractivity contribution in [2.24, 2.45) is 5.92 Å². The van der Waals surface area contributed by atoms with Gasteiger partial charge < -0.3 is 5.73 Å². The van der Waals surface area contributed by atoms with Crippen LogP contribution in [0.15, 0.2) is 22.7 Å². The van der Waals surface area contributed by atoms with Gasteiger partial charge in [0.2, 0.25) is 0 Å². The van der Waals surface area contributed by atoms with Crippen LogP contribution >= 0.6 is 27.7 Å². The van der Waals surface area contributed by atoms with E-state index < -0.39 is 0 Å². The summed E-state index contributed by atoms with van der Waals surface area (Å²) in [6.07, 6.45) is 0. The average Bonchev–Trinajstić information content (AvgIpc) is 2.08. The largest absolute Gasteiger partial charge is 0.398 e. The Hall–Kier alpha value is -0.150. The molecule has 0 radical (unpaired) electrons. The number of nitrogens with two attached hydrogens (primary N) is 1. The van der Waals surface area contributed by atoms with E-state index in [9.17, 15) is 0 Å². The number of nitrogen functional groups attached to an aromatic ring is 1. The molecular weight excluding hydrogens is 258 g/mol. The van der Waals surface area contributed by atoms with E-state index >= 15 is 0 Å². The lowest BCUT2D eigenvalue weighted by Gasteiger charge is -2.07. The highest BCUT2D eigenvalue weighted by molar-refractivity contribution is 9.10. The summed E-state index contributed by atoms with van der Waals surface area (Å²) in [7, 11) is 0. The molecule has 78 valence electrons. The first kappa shape index (κ1) is 11.9. The maximum atomic E-state index is 5.89. The molecule has 0 aliphatic rings. The van der Waals surface area contributed by atoms with Crippen molar-refractivity contribution < 1.29 is 0 Å². The van der Waals surface area contributed by atoms with Crippen molar-refractivity contribution in [2.45, 2.75) is 19.6 Å². The van der Waals surface area contributed by atoms with Crippen LogP contribution in [0.25, 0.3) is 0 Å². The third-order valence-corrected chi connectivity index (χ3v) is 3.73. The summed E-state index contributed by atoms with van der Waals surface area (Å²) < 4.78 is 1.05. The van der Waals surface area contributed by atoms with E-state index in [-0.39, 0.29) is 0 Å². The predicted molar refractivity (Wildman–Crippen MR) is 69.6 cm³/mol. The molecule has 0 aromatic heterocycles. The number of benzene rings is 1. The summed E-state index contributed by atoms with van der Waals surface area (Å²) >= 11 is 5.34. The van der Waals surface area contributed by atoms with Crippen molar-refractivity contribution in [3.63, 3.8) is 0 Å². The van der Waals surface area contributed by atoms with Gasteiger partial charge in [0.25, 0.3) is 0 Å². The van der Waals surface area contributed by atoms with E-state index in [1.54, 1.807) is 0 Å². The Morgan fingerprint density at radius 3 is 2.71 bits per heavy atom. The number of hydrogen-bond acceptors (Lipinski definition) is 2. The minimum atomic E-state index is 0.747. The molecule has 1 aromatic rings. The zero-order chi connectivity index (χ0) is 10.6. The van der Waals surface area contributed by atoms with E-state index in [1.165, 1.54) is 11.3 Å². The maximum absolute atomic E-state index is 5.89. The van der Waals surface area contributed by atoms with Crippen LogP contribution in [0.1, 0.15) is 19.4 Å². The second-order valence-electron chi connectivity index (χ2n) is 3.75. The Morgan fingerprint density at radius 2 is 2.14 bits per heavy atom. The molecule has 0 amide bonds. The Bertz CT molecular complexity index is 299. The van der Waals surface area contributed by atoms with Gasteiger partial charge in [-0.2, -0.15) is 11.8 Å². The van der Waals surface area contributed by atoms with Crippen molar-refractivity contribution >= 4 is 33.4 Å². The van der Waals surface area contributed by atoms with Gasteiger partial charge in [-0.3, -0.25) is 0 Å². The average molecular weight is 274 g/mol. The SMILES string of the molecule is CC(C)CSCc1ccc(Br)cc1N. The standard InChI is InChI=1S/C11H16BrNS/c1-8(2)6-14-7-9-3-4-10(12)5-11(9)13/h3-5,8H,6-7,13H2,1-2H3. The first-order valence-electron chi connectivity index (χ1n) is 4.71.